The molecule has 1 heterocycles. The SMILES string of the molecule is COc1ccc2sc(N)c(Cl)c2c1. The van der Waals surface area contributed by atoms with Crippen LogP contribution in [0.4, 0.5) is 5.00 Å². The predicted octanol–water partition coefficient (Wildman–Crippen LogP) is 3.15. The van der Waals surface area contributed by atoms with Gasteiger partial charge in [0.05, 0.1) is 12.1 Å². The van der Waals surface area contributed by atoms with Crippen molar-refractivity contribution in [3.8, 4) is 5.75 Å². The van der Waals surface area contributed by atoms with Gasteiger partial charge in [0.15, 0.2) is 0 Å². The molecule has 0 unspecified atom stereocenters. The van der Waals surface area contributed by atoms with Gasteiger partial charge in [-0.05, 0) is 18.2 Å². The maximum absolute atomic E-state index is 6.00. The number of rotatable bonds is 1. The van der Waals surface area contributed by atoms with Gasteiger partial charge >= 0.3 is 0 Å². The molecule has 0 saturated heterocycles. The smallest absolute Gasteiger partial charge is 0.119 e. The van der Waals surface area contributed by atoms with Crippen LogP contribution in [0, 0.1) is 0 Å². The zero-order valence-electron chi connectivity index (χ0n) is 7.00. The molecule has 0 atom stereocenters. The summed E-state index contributed by atoms with van der Waals surface area (Å²) in [5, 5.41) is 2.24. The number of ether oxygens (including phenoxy) is 1. The summed E-state index contributed by atoms with van der Waals surface area (Å²) in [7, 11) is 1.63. The monoisotopic (exact) mass is 213 g/mol. The van der Waals surface area contributed by atoms with Crippen LogP contribution in [0.25, 0.3) is 10.1 Å². The van der Waals surface area contributed by atoms with E-state index in [9.17, 15) is 0 Å². The fraction of sp³-hybridized carbons (Fsp3) is 0.111. The van der Waals surface area contributed by atoms with E-state index >= 15 is 0 Å². The molecule has 0 fully saturated rings. The van der Waals surface area contributed by atoms with Gasteiger partial charge in [-0.2, -0.15) is 0 Å². The molecule has 0 bridgehead atoms. The van der Waals surface area contributed by atoms with Crippen LogP contribution in [0.5, 0.6) is 5.75 Å². The number of fused-ring (bicyclic) bond motifs is 1. The van der Waals surface area contributed by atoms with Gasteiger partial charge < -0.3 is 10.5 Å². The molecule has 1 aromatic heterocycles. The van der Waals surface area contributed by atoms with E-state index in [2.05, 4.69) is 0 Å². The van der Waals surface area contributed by atoms with Crippen molar-refractivity contribution in [2.24, 2.45) is 0 Å². The lowest BCUT2D eigenvalue weighted by Crippen LogP contribution is -1.80. The average molecular weight is 214 g/mol. The zero-order valence-corrected chi connectivity index (χ0v) is 8.58. The van der Waals surface area contributed by atoms with Crippen LogP contribution in [0.15, 0.2) is 18.2 Å². The van der Waals surface area contributed by atoms with Gasteiger partial charge in [-0.3, -0.25) is 0 Å². The lowest BCUT2D eigenvalue weighted by Gasteiger charge is -1.98. The molecule has 68 valence electrons. The summed E-state index contributed by atoms with van der Waals surface area (Å²) < 4.78 is 6.18. The van der Waals surface area contributed by atoms with E-state index in [4.69, 9.17) is 22.1 Å². The molecule has 1 aromatic carbocycles. The van der Waals surface area contributed by atoms with Crippen molar-refractivity contribution in [2.75, 3.05) is 12.8 Å². The van der Waals surface area contributed by atoms with Crippen LogP contribution in [0.2, 0.25) is 5.02 Å². The summed E-state index contributed by atoms with van der Waals surface area (Å²) in [5.41, 5.74) is 5.69. The standard InChI is InChI=1S/C9H8ClNOS/c1-12-5-2-3-7-6(4-5)8(10)9(11)13-7/h2-4H,11H2,1H3. The Bertz CT molecular complexity index is 452. The quantitative estimate of drug-likeness (QED) is 0.790. The topological polar surface area (TPSA) is 35.2 Å². The van der Waals surface area contributed by atoms with E-state index in [1.807, 2.05) is 18.2 Å². The molecule has 13 heavy (non-hydrogen) atoms. The van der Waals surface area contributed by atoms with Gasteiger partial charge in [0, 0.05) is 10.1 Å². The Hall–Kier alpha value is -0.930. The second kappa shape index (κ2) is 3.09. The van der Waals surface area contributed by atoms with E-state index in [1.165, 1.54) is 11.3 Å². The van der Waals surface area contributed by atoms with E-state index in [1.54, 1.807) is 7.11 Å². The highest BCUT2D eigenvalue weighted by molar-refractivity contribution is 7.23. The number of hydrogen-bond donors (Lipinski definition) is 1. The van der Waals surface area contributed by atoms with E-state index in [-0.39, 0.29) is 0 Å². The lowest BCUT2D eigenvalue weighted by atomic mass is 10.2. The van der Waals surface area contributed by atoms with E-state index in [0.717, 1.165) is 15.8 Å². The first kappa shape index (κ1) is 8.66. The number of nitrogens with two attached hydrogens (primary N) is 1. The zero-order chi connectivity index (χ0) is 9.42. The predicted molar refractivity (Wildman–Crippen MR) is 57.8 cm³/mol. The Morgan fingerprint density at radius 2 is 2.23 bits per heavy atom. The highest BCUT2D eigenvalue weighted by atomic mass is 35.5. The second-order valence-electron chi connectivity index (χ2n) is 2.64. The molecule has 2 nitrogen and oxygen atoms in total. The maximum Gasteiger partial charge on any atom is 0.119 e. The van der Waals surface area contributed by atoms with Gasteiger partial charge in [0.1, 0.15) is 10.8 Å². The maximum atomic E-state index is 6.00. The number of halogens is 1. The van der Waals surface area contributed by atoms with Gasteiger partial charge in [-0.25, -0.2) is 0 Å². The van der Waals surface area contributed by atoms with Gasteiger partial charge in [-0.15, -0.1) is 11.3 Å². The molecule has 0 radical (unpaired) electrons. The summed E-state index contributed by atoms with van der Waals surface area (Å²) in [6, 6.07) is 5.75. The van der Waals surface area contributed by atoms with Crippen molar-refractivity contribution in [3.05, 3.63) is 23.2 Å². The fourth-order valence-corrected chi connectivity index (χ4v) is 2.36. The summed E-state index contributed by atoms with van der Waals surface area (Å²) >= 11 is 7.49. The summed E-state index contributed by atoms with van der Waals surface area (Å²) in [5.74, 6) is 0.798. The summed E-state index contributed by atoms with van der Waals surface area (Å²) in [4.78, 5) is 0. The highest BCUT2D eigenvalue weighted by Gasteiger charge is 2.07. The largest absolute Gasteiger partial charge is 0.497 e. The van der Waals surface area contributed by atoms with Gasteiger partial charge in [-0.1, -0.05) is 11.6 Å². The van der Waals surface area contributed by atoms with E-state index in [0.29, 0.717) is 10.0 Å². The molecule has 0 amide bonds. The first-order chi connectivity index (χ1) is 6.22. The Balaban J connectivity index is 2.75. The minimum absolute atomic E-state index is 0.624. The van der Waals surface area contributed by atoms with Crippen LogP contribution in [0.3, 0.4) is 0 Å². The highest BCUT2D eigenvalue weighted by Crippen LogP contribution is 2.38. The van der Waals surface area contributed by atoms with E-state index < -0.39 is 0 Å². The second-order valence-corrected chi connectivity index (χ2v) is 4.10. The van der Waals surface area contributed by atoms with Crippen LogP contribution >= 0.6 is 22.9 Å². The third kappa shape index (κ3) is 1.34. The van der Waals surface area contributed by atoms with Crippen molar-refractivity contribution >= 4 is 38.0 Å². The summed E-state index contributed by atoms with van der Waals surface area (Å²) in [6.45, 7) is 0. The van der Waals surface area contributed by atoms with Crippen LogP contribution in [0.1, 0.15) is 0 Å². The minimum atomic E-state index is 0.624. The number of nitrogen functional groups attached to an aromatic ring is 1. The van der Waals surface area contributed by atoms with Crippen molar-refractivity contribution in [1.29, 1.82) is 0 Å². The van der Waals surface area contributed by atoms with Crippen molar-refractivity contribution in [2.45, 2.75) is 0 Å². The molecular weight excluding hydrogens is 206 g/mol. The van der Waals surface area contributed by atoms with Crippen LogP contribution in [-0.4, -0.2) is 7.11 Å². The first-order valence-electron chi connectivity index (χ1n) is 3.74. The number of anilines is 1. The molecule has 2 aromatic rings. The number of thiophene rings is 1. The molecule has 2 N–H and O–H groups in total. The molecule has 4 heteroatoms. The molecule has 0 aliphatic carbocycles. The Morgan fingerprint density at radius 1 is 1.46 bits per heavy atom. The third-order valence-corrected chi connectivity index (χ3v) is 3.38. The van der Waals surface area contributed by atoms with Crippen LogP contribution < -0.4 is 10.5 Å². The summed E-state index contributed by atoms with van der Waals surface area (Å²) in [6.07, 6.45) is 0. The fourth-order valence-electron chi connectivity index (χ4n) is 1.19. The molecule has 0 aliphatic heterocycles. The Morgan fingerprint density at radius 3 is 2.92 bits per heavy atom. The van der Waals surface area contributed by atoms with Crippen molar-refractivity contribution in [1.82, 2.24) is 0 Å². The molecule has 0 saturated carbocycles. The number of methoxy groups -OCH3 is 1. The molecule has 0 aliphatic rings. The van der Waals surface area contributed by atoms with Crippen molar-refractivity contribution < 1.29 is 4.74 Å². The minimum Gasteiger partial charge on any atom is -0.497 e. The van der Waals surface area contributed by atoms with Gasteiger partial charge in [0.25, 0.3) is 0 Å². The average Bonchev–Trinajstić information content (AvgIpc) is 2.43. The van der Waals surface area contributed by atoms with Gasteiger partial charge in [0.2, 0.25) is 0 Å². The Kier molecular flexibility index (Phi) is 2.06. The lowest BCUT2D eigenvalue weighted by molar-refractivity contribution is 0.415. The molecular formula is C9H8ClNOS. The van der Waals surface area contributed by atoms with Crippen molar-refractivity contribution in [3.63, 3.8) is 0 Å². The number of benzene rings is 1. The number of hydrogen-bond acceptors (Lipinski definition) is 3. The first-order valence-corrected chi connectivity index (χ1v) is 4.93. The molecule has 2 rings (SSSR count). The molecule has 0 spiro atoms. The van der Waals surface area contributed by atoms with Crippen LogP contribution in [-0.2, 0) is 0 Å². The normalized spacial score (nSPS) is 10.6. The third-order valence-electron chi connectivity index (χ3n) is 1.86. The Labute approximate surface area is 84.9 Å².